The van der Waals surface area contributed by atoms with Crippen LogP contribution in [0.2, 0.25) is 0 Å². The molecule has 3 N–H and O–H groups in total. The number of hydrogen-bond donors (Lipinski definition) is 2. The van der Waals surface area contributed by atoms with Gasteiger partial charge in [0.2, 0.25) is 17.7 Å². The number of benzene rings is 2. The van der Waals surface area contributed by atoms with Crippen LogP contribution in [0.4, 0.5) is 0 Å². The summed E-state index contributed by atoms with van der Waals surface area (Å²) in [4.78, 5) is 43.9. The predicted molar refractivity (Wildman–Crippen MR) is 145 cm³/mol. The van der Waals surface area contributed by atoms with Gasteiger partial charge in [-0.2, -0.15) is 0 Å². The van der Waals surface area contributed by atoms with Gasteiger partial charge in [0.25, 0.3) is 0 Å². The van der Waals surface area contributed by atoms with Gasteiger partial charge >= 0.3 is 0 Å². The van der Waals surface area contributed by atoms with E-state index in [-0.39, 0.29) is 23.6 Å². The molecule has 7 nitrogen and oxygen atoms in total. The van der Waals surface area contributed by atoms with Gasteiger partial charge in [-0.25, -0.2) is 0 Å². The van der Waals surface area contributed by atoms with Gasteiger partial charge in [-0.1, -0.05) is 60.7 Å². The number of carbonyl (C=O) groups is 3. The molecule has 2 aliphatic heterocycles. The molecule has 2 aromatic rings. The Hall–Kier alpha value is -3.19. The standard InChI is InChI=1S/C30H40N4O3/c1-29(2,31)27(36)32-25(17-10-14-22-12-6-4-7-13-22)26(35)34-19-11-18-30(21-34)24(20-33(3)28(30)37)23-15-8-5-9-16-23/h4-9,12-13,15-16,24-25H,10-11,14,17-21,31H2,1-3H3,(H,32,36). The molecule has 3 amide bonds. The second-order valence-corrected chi connectivity index (χ2v) is 11.3. The van der Waals surface area contributed by atoms with Gasteiger partial charge in [-0.3, -0.25) is 14.4 Å². The molecule has 4 rings (SSSR count). The van der Waals surface area contributed by atoms with Crippen LogP contribution >= 0.6 is 0 Å². The fourth-order valence-electron chi connectivity index (χ4n) is 5.88. The highest BCUT2D eigenvalue weighted by atomic mass is 16.2. The highest BCUT2D eigenvalue weighted by Gasteiger charge is 2.55. The van der Waals surface area contributed by atoms with Crippen LogP contribution in [0.1, 0.15) is 56.6 Å². The first-order valence-electron chi connectivity index (χ1n) is 13.3. The van der Waals surface area contributed by atoms with Crippen LogP contribution in [0.15, 0.2) is 60.7 Å². The molecule has 2 aromatic carbocycles. The molecule has 198 valence electrons. The maximum atomic E-state index is 13.9. The molecule has 3 atom stereocenters. The van der Waals surface area contributed by atoms with E-state index in [2.05, 4.69) is 29.6 Å². The van der Waals surface area contributed by atoms with Crippen molar-refractivity contribution >= 4 is 17.7 Å². The lowest BCUT2D eigenvalue weighted by atomic mass is 9.69. The van der Waals surface area contributed by atoms with Crippen molar-refractivity contribution in [1.29, 1.82) is 0 Å². The summed E-state index contributed by atoms with van der Waals surface area (Å²) in [5.74, 6) is -0.350. The van der Waals surface area contributed by atoms with Gasteiger partial charge in [0.1, 0.15) is 6.04 Å². The molecular formula is C30H40N4O3. The zero-order valence-electron chi connectivity index (χ0n) is 22.3. The van der Waals surface area contributed by atoms with Crippen molar-refractivity contribution in [3.63, 3.8) is 0 Å². The van der Waals surface area contributed by atoms with Crippen molar-refractivity contribution in [2.24, 2.45) is 11.1 Å². The van der Waals surface area contributed by atoms with E-state index in [9.17, 15) is 14.4 Å². The minimum atomic E-state index is -1.09. The lowest BCUT2D eigenvalue weighted by Crippen LogP contribution is -2.59. The van der Waals surface area contributed by atoms with E-state index in [0.29, 0.717) is 26.1 Å². The molecule has 2 fully saturated rings. The number of nitrogens with zero attached hydrogens (tertiary/aromatic N) is 2. The first-order valence-corrected chi connectivity index (χ1v) is 13.3. The summed E-state index contributed by atoms with van der Waals surface area (Å²) < 4.78 is 0. The van der Waals surface area contributed by atoms with Gasteiger partial charge in [0.05, 0.1) is 11.0 Å². The first-order chi connectivity index (χ1) is 17.6. The zero-order valence-corrected chi connectivity index (χ0v) is 22.3. The van der Waals surface area contributed by atoms with E-state index in [1.54, 1.807) is 13.8 Å². The molecule has 0 radical (unpaired) electrons. The van der Waals surface area contributed by atoms with Crippen LogP contribution in [0.25, 0.3) is 0 Å². The summed E-state index contributed by atoms with van der Waals surface area (Å²) in [7, 11) is 1.85. The number of nitrogens with one attached hydrogen (secondary N) is 1. The number of carbonyl (C=O) groups excluding carboxylic acids is 3. The van der Waals surface area contributed by atoms with Crippen LogP contribution in [-0.2, 0) is 20.8 Å². The minimum absolute atomic E-state index is 0.0240. The molecule has 0 aromatic heterocycles. The molecule has 0 bridgehead atoms. The largest absolute Gasteiger partial charge is 0.345 e. The van der Waals surface area contributed by atoms with Crippen molar-refractivity contribution < 1.29 is 14.4 Å². The van der Waals surface area contributed by atoms with E-state index in [4.69, 9.17) is 5.73 Å². The summed E-state index contributed by atoms with van der Waals surface area (Å²) in [6, 6.07) is 19.6. The fraction of sp³-hybridized carbons (Fsp3) is 0.500. The molecule has 0 aliphatic carbocycles. The van der Waals surface area contributed by atoms with Crippen molar-refractivity contribution in [2.45, 2.75) is 63.5 Å². The topological polar surface area (TPSA) is 95.7 Å². The molecule has 2 aliphatic rings. The highest BCUT2D eigenvalue weighted by molar-refractivity contribution is 5.92. The number of amides is 3. The van der Waals surface area contributed by atoms with Crippen LogP contribution in [0.5, 0.6) is 0 Å². The zero-order chi connectivity index (χ0) is 26.6. The van der Waals surface area contributed by atoms with E-state index in [1.165, 1.54) is 5.56 Å². The lowest BCUT2D eigenvalue weighted by Gasteiger charge is -2.43. The second-order valence-electron chi connectivity index (χ2n) is 11.3. The van der Waals surface area contributed by atoms with Crippen LogP contribution < -0.4 is 11.1 Å². The van der Waals surface area contributed by atoms with Gasteiger partial charge < -0.3 is 20.9 Å². The summed E-state index contributed by atoms with van der Waals surface area (Å²) in [5, 5.41) is 2.93. The number of aryl methyl sites for hydroxylation is 1. The smallest absolute Gasteiger partial charge is 0.245 e. The van der Waals surface area contributed by atoms with E-state index >= 15 is 0 Å². The van der Waals surface area contributed by atoms with Gasteiger partial charge in [-0.15, -0.1) is 0 Å². The Morgan fingerprint density at radius 2 is 1.76 bits per heavy atom. The first kappa shape index (κ1) is 26.9. The Kier molecular flexibility index (Phi) is 8.02. The van der Waals surface area contributed by atoms with Crippen molar-refractivity contribution in [1.82, 2.24) is 15.1 Å². The predicted octanol–water partition coefficient (Wildman–Crippen LogP) is 3.10. The quantitative estimate of drug-likeness (QED) is 0.578. The third kappa shape index (κ3) is 5.87. The maximum Gasteiger partial charge on any atom is 0.245 e. The maximum absolute atomic E-state index is 13.9. The number of piperidine rings is 1. The number of rotatable bonds is 8. The van der Waals surface area contributed by atoms with Gasteiger partial charge in [-0.05, 0) is 57.1 Å². The highest BCUT2D eigenvalue weighted by Crippen LogP contribution is 2.49. The summed E-state index contributed by atoms with van der Waals surface area (Å²) in [6.07, 6.45) is 3.58. The van der Waals surface area contributed by atoms with Crippen LogP contribution in [0.3, 0.4) is 0 Å². The Bertz CT molecular complexity index is 1100. The average molecular weight is 505 g/mol. The number of likely N-dealkylation sites (tertiary alicyclic amines) is 2. The Balaban J connectivity index is 1.54. The molecule has 7 heteroatoms. The van der Waals surface area contributed by atoms with E-state index in [0.717, 1.165) is 31.2 Å². The van der Waals surface area contributed by atoms with E-state index < -0.39 is 17.0 Å². The van der Waals surface area contributed by atoms with Crippen molar-refractivity contribution in [3.05, 3.63) is 71.8 Å². The second kappa shape index (κ2) is 11.1. The molecule has 2 heterocycles. The monoisotopic (exact) mass is 504 g/mol. The normalized spacial score (nSPS) is 22.8. The minimum Gasteiger partial charge on any atom is -0.345 e. The molecule has 3 unspecified atom stereocenters. The summed E-state index contributed by atoms with van der Waals surface area (Å²) in [6.45, 7) is 4.87. The lowest BCUT2D eigenvalue weighted by molar-refractivity contribution is -0.146. The molecular weight excluding hydrogens is 464 g/mol. The van der Waals surface area contributed by atoms with Crippen molar-refractivity contribution in [3.8, 4) is 0 Å². The van der Waals surface area contributed by atoms with Crippen LogP contribution in [-0.4, -0.2) is 65.8 Å². The fourth-order valence-corrected chi connectivity index (χ4v) is 5.88. The molecule has 1 spiro atoms. The average Bonchev–Trinajstić information content (AvgIpc) is 3.13. The third-order valence-electron chi connectivity index (χ3n) is 7.92. The Labute approximate surface area is 220 Å². The third-order valence-corrected chi connectivity index (χ3v) is 7.92. The summed E-state index contributed by atoms with van der Waals surface area (Å²) in [5.41, 5.74) is 6.64. The SMILES string of the molecule is CN1CC(c2ccccc2)C2(CCCN(C(=O)C(CCCc3ccccc3)NC(=O)C(C)(C)N)C2)C1=O. The van der Waals surface area contributed by atoms with E-state index in [1.807, 2.05) is 53.2 Å². The van der Waals surface area contributed by atoms with Crippen molar-refractivity contribution in [2.75, 3.05) is 26.7 Å². The van der Waals surface area contributed by atoms with Gasteiger partial charge in [0, 0.05) is 32.6 Å². The molecule has 2 saturated heterocycles. The molecule has 37 heavy (non-hydrogen) atoms. The number of hydrogen-bond acceptors (Lipinski definition) is 4. The number of likely N-dealkylation sites (N-methyl/N-ethyl adjacent to an activating group) is 1. The Morgan fingerprint density at radius 3 is 2.41 bits per heavy atom. The van der Waals surface area contributed by atoms with Gasteiger partial charge in [0.15, 0.2) is 0 Å². The Morgan fingerprint density at radius 1 is 1.11 bits per heavy atom. The molecule has 0 saturated carbocycles. The summed E-state index contributed by atoms with van der Waals surface area (Å²) >= 11 is 0. The number of nitrogens with two attached hydrogens (primary N) is 1. The van der Waals surface area contributed by atoms with Crippen LogP contribution in [0, 0.1) is 5.41 Å².